The molecule has 0 N–H and O–H groups in total. The summed E-state index contributed by atoms with van der Waals surface area (Å²) in [7, 11) is 0. The third kappa shape index (κ3) is 2.59. The van der Waals surface area contributed by atoms with E-state index in [0.29, 0.717) is 10.6 Å². The summed E-state index contributed by atoms with van der Waals surface area (Å²) >= 11 is 9.22. The Hall–Kier alpha value is -1.12. The summed E-state index contributed by atoms with van der Waals surface area (Å²) in [5.74, 6) is 0.00615. The zero-order valence-electron chi connectivity index (χ0n) is 9.21. The lowest BCUT2D eigenvalue weighted by atomic mass is 9.99. The maximum Gasteiger partial charge on any atom is 0.194 e. The average Bonchev–Trinajstić information content (AvgIpc) is 2.29. The lowest BCUT2D eigenvalue weighted by Gasteiger charge is -2.06. The van der Waals surface area contributed by atoms with Crippen molar-refractivity contribution in [1.82, 2.24) is 0 Å². The molecule has 0 aliphatic carbocycles. The summed E-state index contributed by atoms with van der Waals surface area (Å²) in [6, 6.07) is 12.7. The fourth-order valence-electron chi connectivity index (χ4n) is 1.65. The maximum absolute atomic E-state index is 12.3. The lowest BCUT2D eigenvalue weighted by Crippen LogP contribution is -2.04. The van der Waals surface area contributed by atoms with Gasteiger partial charge in [0.25, 0.3) is 0 Å². The van der Waals surface area contributed by atoms with E-state index in [4.69, 9.17) is 11.6 Å². The van der Waals surface area contributed by atoms with Gasteiger partial charge in [-0.25, -0.2) is 0 Å². The summed E-state index contributed by atoms with van der Waals surface area (Å²) in [6.07, 6.45) is 0. The lowest BCUT2D eigenvalue weighted by molar-refractivity contribution is 0.103. The minimum atomic E-state index is 0.00615. The SMILES string of the molecule is Cc1ccccc1C(=O)c1ccc(Cl)cc1Br. The Labute approximate surface area is 114 Å². The van der Waals surface area contributed by atoms with Crippen molar-refractivity contribution in [2.75, 3.05) is 0 Å². The molecule has 0 aliphatic heterocycles. The molecule has 0 bridgehead atoms. The first-order valence-corrected chi connectivity index (χ1v) is 6.32. The number of hydrogen-bond donors (Lipinski definition) is 0. The zero-order valence-corrected chi connectivity index (χ0v) is 11.5. The smallest absolute Gasteiger partial charge is 0.194 e. The molecule has 2 rings (SSSR count). The van der Waals surface area contributed by atoms with E-state index < -0.39 is 0 Å². The molecule has 0 spiro atoms. The monoisotopic (exact) mass is 308 g/mol. The molecule has 0 atom stereocenters. The summed E-state index contributed by atoms with van der Waals surface area (Å²) in [5, 5.41) is 0.609. The first-order chi connectivity index (χ1) is 8.09. The molecule has 0 aromatic heterocycles. The van der Waals surface area contributed by atoms with Crippen LogP contribution in [0, 0.1) is 6.92 Å². The van der Waals surface area contributed by atoms with Gasteiger partial charge in [0.2, 0.25) is 0 Å². The average molecular weight is 310 g/mol. The highest BCUT2D eigenvalue weighted by Crippen LogP contribution is 2.24. The van der Waals surface area contributed by atoms with Gasteiger partial charge in [-0.15, -0.1) is 0 Å². The fraction of sp³-hybridized carbons (Fsp3) is 0.0714. The second-order valence-corrected chi connectivity index (χ2v) is 5.06. The van der Waals surface area contributed by atoms with Gasteiger partial charge in [-0.1, -0.05) is 35.9 Å². The highest BCUT2D eigenvalue weighted by molar-refractivity contribution is 9.10. The standard InChI is InChI=1S/C14H10BrClO/c1-9-4-2-3-5-11(9)14(17)12-7-6-10(16)8-13(12)15/h2-8H,1H3. The van der Waals surface area contributed by atoms with Crippen LogP contribution in [0.1, 0.15) is 21.5 Å². The molecule has 0 fully saturated rings. The molecule has 1 nitrogen and oxygen atoms in total. The second-order valence-electron chi connectivity index (χ2n) is 3.77. The second kappa shape index (κ2) is 5.03. The van der Waals surface area contributed by atoms with E-state index in [9.17, 15) is 4.79 Å². The summed E-state index contributed by atoms with van der Waals surface area (Å²) < 4.78 is 0.721. The predicted octanol–water partition coefficient (Wildman–Crippen LogP) is 4.64. The number of carbonyl (C=O) groups is 1. The number of aryl methyl sites for hydroxylation is 1. The van der Waals surface area contributed by atoms with E-state index in [1.54, 1.807) is 18.2 Å². The summed E-state index contributed by atoms with van der Waals surface area (Å²) in [4.78, 5) is 12.3. The van der Waals surface area contributed by atoms with E-state index >= 15 is 0 Å². The van der Waals surface area contributed by atoms with Gasteiger partial charge < -0.3 is 0 Å². The fourth-order valence-corrected chi connectivity index (χ4v) is 2.51. The molecule has 0 unspecified atom stereocenters. The summed E-state index contributed by atoms with van der Waals surface area (Å²) in [5.41, 5.74) is 2.32. The van der Waals surface area contributed by atoms with Crippen LogP contribution in [0.15, 0.2) is 46.9 Å². The van der Waals surface area contributed by atoms with Crippen molar-refractivity contribution in [2.45, 2.75) is 6.92 Å². The zero-order chi connectivity index (χ0) is 12.4. The number of benzene rings is 2. The first-order valence-electron chi connectivity index (χ1n) is 5.15. The Bertz CT molecular complexity index is 578. The predicted molar refractivity (Wildman–Crippen MR) is 73.8 cm³/mol. The van der Waals surface area contributed by atoms with Gasteiger partial charge >= 0.3 is 0 Å². The van der Waals surface area contributed by atoms with Crippen molar-refractivity contribution in [3.05, 3.63) is 68.7 Å². The normalized spacial score (nSPS) is 10.3. The van der Waals surface area contributed by atoms with Crippen molar-refractivity contribution in [3.63, 3.8) is 0 Å². The van der Waals surface area contributed by atoms with Crippen LogP contribution in [0.3, 0.4) is 0 Å². The van der Waals surface area contributed by atoms with E-state index in [-0.39, 0.29) is 5.78 Å². The molecule has 0 radical (unpaired) electrons. The number of halogens is 2. The number of ketones is 1. The molecule has 0 aliphatic rings. The first kappa shape index (κ1) is 12.3. The summed E-state index contributed by atoms with van der Waals surface area (Å²) in [6.45, 7) is 1.93. The van der Waals surface area contributed by atoms with Crippen molar-refractivity contribution in [1.29, 1.82) is 0 Å². The molecule has 0 amide bonds. The van der Waals surface area contributed by atoms with Crippen molar-refractivity contribution >= 4 is 33.3 Å². The molecular weight excluding hydrogens is 300 g/mol. The third-order valence-corrected chi connectivity index (χ3v) is 3.46. The molecule has 2 aromatic carbocycles. The van der Waals surface area contributed by atoms with Crippen LogP contribution in [-0.2, 0) is 0 Å². The number of carbonyl (C=O) groups excluding carboxylic acids is 1. The highest BCUT2D eigenvalue weighted by Gasteiger charge is 2.14. The third-order valence-electron chi connectivity index (χ3n) is 2.57. The molecule has 3 heteroatoms. The number of rotatable bonds is 2. The van der Waals surface area contributed by atoms with Crippen LogP contribution in [0.5, 0.6) is 0 Å². The van der Waals surface area contributed by atoms with Crippen LogP contribution < -0.4 is 0 Å². The van der Waals surface area contributed by atoms with Crippen molar-refractivity contribution in [2.24, 2.45) is 0 Å². The Morgan fingerprint density at radius 1 is 1.12 bits per heavy atom. The molecule has 2 aromatic rings. The molecule has 86 valence electrons. The highest BCUT2D eigenvalue weighted by atomic mass is 79.9. The van der Waals surface area contributed by atoms with Crippen LogP contribution in [0.4, 0.5) is 0 Å². The van der Waals surface area contributed by atoms with Crippen molar-refractivity contribution < 1.29 is 4.79 Å². The van der Waals surface area contributed by atoms with Crippen LogP contribution in [0.2, 0.25) is 5.02 Å². The topological polar surface area (TPSA) is 17.1 Å². The van der Waals surface area contributed by atoms with E-state index in [0.717, 1.165) is 15.6 Å². The van der Waals surface area contributed by atoms with Crippen LogP contribution >= 0.6 is 27.5 Å². The van der Waals surface area contributed by atoms with Crippen LogP contribution in [-0.4, -0.2) is 5.78 Å². The maximum atomic E-state index is 12.3. The minimum Gasteiger partial charge on any atom is -0.289 e. The molecule has 0 saturated heterocycles. The van der Waals surface area contributed by atoms with Gasteiger partial charge in [0.05, 0.1) is 0 Å². The van der Waals surface area contributed by atoms with E-state index in [2.05, 4.69) is 15.9 Å². The van der Waals surface area contributed by atoms with E-state index in [1.165, 1.54) is 0 Å². The largest absolute Gasteiger partial charge is 0.289 e. The Kier molecular flexibility index (Phi) is 3.65. The van der Waals surface area contributed by atoms with Crippen LogP contribution in [0.25, 0.3) is 0 Å². The molecule has 0 heterocycles. The quantitative estimate of drug-likeness (QED) is 0.738. The Morgan fingerprint density at radius 2 is 1.82 bits per heavy atom. The molecule has 0 saturated carbocycles. The Morgan fingerprint density at radius 3 is 2.47 bits per heavy atom. The van der Waals surface area contributed by atoms with Gasteiger partial charge in [-0.2, -0.15) is 0 Å². The Balaban J connectivity index is 2.48. The van der Waals surface area contributed by atoms with Gasteiger partial charge in [0, 0.05) is 20.6 Å². The van der Waals surface area contributed by atoms with Gasteiger partial charge in [-0.3, -0.25) is 4.79 Å². The van der Waals surface area contributed by atoms with Gasteiger partial charge in [0.15, 0.2) is 5.78 Å². The number of hydrogen-bond acceptors (Lipinski definition) is 1. The van der Waals surface area contributed by atoms with Crippen molar-refractivity contribution in [3.8, 4) is 0 Å². The minimum absolute atomic E-state index is 0.00615. The van der Waals surface area contributed by atoms with Gasteiger partial charge in [0.1, 0.15) is 0 Å². The molecular formula is C14H10BrClO. The van der Waals surface area contributed by atoms with Gasteiger partial charge in [-0.05, 0) is 46.6 Å². The molecule has 17 heavy (non-hydrogen) atoms. The van der Waals surface area contributed by atoms with E-state index in [1.807, 2.05) is 31.2 Å².